The third-order valence-corrected chi connectivity index (χ3v) is 5.29. The first kappa shape index (κ1) is 19.5. The number of aryl methyl sites for hydroxylation is 1. The number of amides is 3. The zero-order valence-electron chi connectivity index (χ0n) is 15.6. The topological polar surface area (TPSA) is 70.2 Å². The minimum atomic E-state index is -0.370. The smallest absolute Gasteiger partial charge is 0.409 e. The van der Waals surface area contributed by atoms with Crippen LogP contribution in [0, 0.1) is 12.8 Å². The highest BCUT2D eigenvalue weighted by Gasteiger charge is 2.38. The van der Waals surface area contributed by atoms with Crippen LogP contribution in [0.25, 0.3) is 0 Å². The highest BCUT2D eigenvalue weighted by atomic mass is 35.5. The number of carbonyl (C=O) groups is 3. The second kappa shape index (κ2) is 8.17. The molecule has 8 heteroatoms. The Morgan fingerprint density at radius 3 is 2.52 bits per heavy atom. The second-order valence-electron chi connectivity index (χ2n) is 6.85. The van der Waals surface area contributed by atoms with E-state index in [9.17, 15) is 14.4 Å². The van der Waals surface area contributed by atoms with Crippen LogP contribution in [0.4, 0.5) is 10.5 Å². The first-order chi connectivity index (χ1) is 12.9. The predicted molar refractivity (Wildman–Crippen MR) is 102 cm³/mol. The first-order valence-corrected chi connectivity index (χ1v) is 9.55. The van der Waals surface area contributed by atoms with Gasteiger partial charge in [0.1, 0.15) is 0 Å². The fraction of sp³-hybridized carbons (Fsp3) is 0.526. The van der Waals surface area contributed by atoms with Gasteiger partial charge in [-0.05, 0) is 31.5 Å². The molecule has 2 aliphatic heterocycles. The van der Waals surface area contributed by atoms with Crippen molar-refractivity contribution in [2.45, 2.75) is 20.3 Å². The van der Waals surface area contributed by atoms with E-state index in [-0.39, 0.29) is 30.2 Å². The maximum Gasteiger partial charge on any atom is 0.409 e. The molecule has 1 aromatic rings. The SMILES string of the molecule is CCOC(=O)N1CCN(C(=O)C2CC(=O)N(c3cc(Cl)ccc3C)C2)CC1. The molecule has 2 saturated heterocycles. The van der Waals surface area contributed by atoms with Gasteiger partial charge in [-0.2, -0.15) is 0 Å². The lowest BCUT2D eigenvalue weighted by atomic mass is 10.1. The van der Waals surface area contributed by atoms with Crippen molar-refractivity contribution >= 4 is 35.2 Å². The molecule has 0 N–H and O–H groups in total. The predicted octanol–water partition coefficient (Wildman–Crippen LogP) is 2.30. The van der Waals surface area contributed by atoms with Gasteiger partial charge >= 0.3 is 6.09 Å². The number of ether oxygens (including phenoxy) is 1. The van der Waals surface area contributed by atoms with E-state index in [4.69, 9.17) is 16.3 Å². The molecule has 146 valence electrons. The molecule has 2 heterocycles. The number of piperazine rings is 1. The van der Waals surface area contributed by atoms with Crippen LogP contribution in [0.5, 0.6) is 0 Å². The molecular weight excluding hydrogens is 370 g/mol. The van der Waals surface area contributed by atoms with E-state index in [0.717, 1.165) is 11.3 Å². The Morgan fingerprint density at radius 2 is 1.85 bits per heavy atom. The summed E-state index contributed by atoms with van der Waals surface area (Å²) in [5, 5.41) is 0.563. The fourth-order valence-electron chi connectivity index (χ4n) is 3.56. The van der Waals surface area contributed by atoms with E-state index in [1.165, 1.54) is 0 Å². The Balaban J connectivity index is 1.61. The number of rotatable bonds is 3. The van der Waals surface area contributed by atoms with Crippen LogP contribution in [-0.4, -0.2) is 67.0 Å². The molecule has 0 aromatic heterocycles. The monoisotopic (exact) mass is 393 g/mol. The minimum absolute atomic E-state index is 0.0333. The maximum absolute atomic E-state index is 12.9. The molecule has 0 spiro atoms. The minimum Gasteiger partial charge on any atom is -0.450 e. The van der Waals surface area contributed by atoms with Crippen molar-refractivity contribution in [3.8, 4) is 0 Å². The highest BCUT2D eigenvalue weighted by Crippen LogP contribution is 2.31. The molecule has 2 fully saturated rings. The number of nitrogens with zero attached hydrogens (tertiary/aromatic N) is 3. The Bertz CT molecular complexity index is 746. The summed E-state index contributed by atoms with van der Waals surface area (Å²) in [6, 6.07) is 5.42. The molecule has 0 radical (unpaired) electrons. The Labute approximate surface area is 163 Å². The summed E-state index contributed by atoms with van der Waals surface area (Å²) >= 11 is 6.07. The molecule has 0 aliphatic carbocycles. The second-order valence-corrected chi connectivity index (χ2v) is 7.28. The molecule has 0 bridgehead atoms. The van der Waals surface area contributed by atoms with Crippen LogP contribution in [0.1, 0.15) is 18.9 Å². The molecule has 0 saturated carbocycles. The van der Waals surface area contributed by atoms with E-state index in [1.807, 2.05) is 13.0 Å². The van der Waals surface area contributed by atoms with Crippen LogP contribution >= 0.6 is 11.6 Å². The molecule has 3 amide bonds. The Kier molecular flexibility index (Phi) is 5.89. The lowest BCUT2D eigenvalue weighted by molar-refractivity contribution is -0.137. The average molecular weight is 394 g/mol. The van der Waals surface area contributed by atoms with Gasteiger partial charge in [-0.25, -0.2) is 4.79 Å². The van der Waals surface area contributed by atoms with E-state index in [0.29, 0.717) is 44.4 Å². The van der Waals surface area contributed by atoms with Gasteiger partial charge in [0.15, 0.2) is 0 Å². The van der Waals surface area contributed by atoms with Gasteiger partial charge < -0.3 is 19.4 Å². The number of halogens is 1. The van der Waals surface area contributed by atoms with Gasteiger partial charge in [0.05, 0.1) is 12.5 Å². The number of hydrogen-bond acceptors (Lipinski definition) is 4. The van der Waals surface area contributed by atoms with E-state index >= 15 is 0 Å². The average Bonchev–Trinajstić information content (AvgIpc) is 3.05. The number of carbonyl (C=O) groups excluding carboxylic acids is 3. The summed E-state index contributed by atoms with van der Waals surface area (Å²) in [4.78, 5) is 42.1. The van der Waals surface area contributed by atoms with E-state index in [2.05, 4.69) is 0 Å². The van der Waals surface area contributed by atoms with Crippen LogP contribution in [0.15, 0.2) is 18.2 Å². The zero-order chi connectivity index (χ0) is 19.6. The first-order valence-electron chi connectivity index (χ1n) is 9.17. The number of anilines is 1. The third-order valence-electron chi connectivity index (χ3n) is 5.05. The maximum atomic E-state index is 12.9. The normalized spacial score (nSPS) is 20.2. The summed E-state index contributed by atoms with van der Waals surface area (Å²) in [6.07, 6.45) is -0.147. The standard InChI is InChI=1S/C19H24ClN3O4/c1-3-27-19(26)22-8-6-21(7-9-22)18(25)14-10-17(24)23(12-14)16-11-15(20)5-4-13(16)2/h4-5,11,14H,3,6-10,12H2,1-2H3. The molecule has 1 atom stereocenters. The van der Waals surface area contributed by atoms with Crippen molar-refractivity contribution in [1.29, 1.82) is 0 Å². The molecule has 7 nitrogen and oxygen atoms in total. The lowest BCUT2D eigenvalue weighted by Crippen LogP contribution is -2.52. The van der Waals surface area contributed by atoms with Gasteiger partial charge in [0, 0.05) is 49.9 Å². The fourth-order valence-corrected chi connectivity index (χ4v) is 3.73. The van der Waals surface area contributed by atoms with Crippen molar-refractivity contribution in [3.63, 3.8) is 0 Å². The largest absolute Gasteiger partial charge is 0.450 e. The quantitative estimate of drug-likeness (QED) is 0.790. The van der Waals surface area contributed by atoms with Crippen molar-refractivity contribution in [1.82, 2.24) is 9.80 Å². The van der Waals surface area contributed by atoms with Crippen LogP contribution in [0.3, 0.4) is 0 Å². The van der Waals surface area contributed by atoms with Crippen LogP contribution in [0.2, 0.25) is 5.02 Å². The van der Waals surface area contributed by atoms with Crippen molar-refractivity contribution in [2.24, 2.45) is 5.92 Å². The van der Waals surface area contributed by atoms with Gasteiger partial charge in [0.2, 0.25) is 11.8 Å². The van der Waals surface area contributed by atoms with E-state index < -0.39 is 0 Å². The third kappa shape index (κ3) is 4.18. The Hall–Kier alpha value is -2.28. The number of benzene rings is 1. The van der Waals surface area contributed by atoms with Gasteiger partial charge in [-0.1, -0.05) is 17.7 Å². The van der Waals surface area contributed by atoms with Crippen molar-refractivity contribution < 1.29 is 19.1 Å². The molecule has 27 heavy (non-hydrogen) atoms. The molecule has 1 aromatic carbocycles. The van der Waals surface area contributed by atoms with Gasteiger partial charge in [0.25, 0.3) is 0 Å². The Morgan fingerprint density at radius 1 is 1.19 bits per heavy atom. The van der Waals surface area contributed by atoms with Crippen molar-refractivity contribution in [3.05, 3.63) is 28.8 Å². The summed E-state index contributed by atoms with van der Waals surface area (Å²) in [7, 11) is 0. The summed E-state index contributed by atoms with van der Waals surface area (Å²) < 4.78 is 5.00. The highest BCUT2D eigenvalue weighted by molar-refractivity contribution is 6.31. The van der Waals surface area contributed by atoms with Crippen LogP contribution < -0.4 is 4.90 Å². The molecule has 2 aliphatic rings. The lowest BCUT2D eigenvalue weighted by Gasteiger charge is -2.35. The summed E-state index contributed by atoms with van der Waals surface area (Å²) in [5.74, 6) is -0.469. The van der Waals surface area contributed by atoms with Crippen LogP contribution in [-0.2, 0) is 14.3 Å². The van der Waals surface area contributed by atoms with E-state index in [1.54, 1.807) is 33.8 Å². The van der Waals surface area contributed by atoms with Crippen molar-refractivity contribution in [2.75, 3.05) is 44.2 Å². The number of hydrogen-bond donors (Lipinski definition) is 0. The zero-order valence-corrected chi connectivity index (χ0v) is 16.4. The summed E-state index contributed by atoms with van der Waals surface area (Å²) in [5.41, 5.74) is 1.71. The summed E-state index contributed by atoms with van der Waals surface area (Å²) in [6.45, 7) is 6.19. The molecule has 3 rings (SSSR count). The molecular formula is C19H24ClN3O4. The molecule has 1 unspecified atom stereocenters. The van der Waals surface area contributed by atoms with Gasteiger partial charge in [-0.3, -0.25) is 9.59 Å². The van der Waals surface area contributed by atoms with Gasteiger partial charge in [-0.15, -0.1) is 0 Å².